The van der Waals surface area contributed by atoms with E-state index in [4.69, 9.17) is 5.11 Å². The first-order chi connectivity index (χ1) is 4.34. The second-order valence-electron chi connectivity index (χ2n) is 2.21. The van der Waals surface area contributed by atoms with Gasteiger partial charge in [0.25, 0.3) is 0 Å². The standard InChI is InChI=1S/C6H11NO2/c8-5-1-3-7-4-2-6(7)9/h8H,1-5H2. The minimum atomic E-state index is 0.184. The Morgan fingerprint density at radius 2 is 2.44 bits per heavy atom. The maximum absolute atomic E-state index is 10.6. The van der Waals surface area contributed by atoms with Crippen LogP contribution < -0.4 is 0 Å². The van der Waals surface area contributed by atoms with Crippen molar-refractivity contribution in [3.05, 3.63) is 0 Å². The minimum Gasteiger partial charge on any atom is -0.396 e. The summed E-state index contributed by atoms with van der Waals surface area (Å²) in [4.78, 5) is 12.3. The molecule has 0 aliphatic carbocycles. The van der Waals surface area contributed by atoms with E-state index in [2.05, 4.69) is 0 Å². The van der Waals surface area contributed by atoms with E-state index in [0.717, 1.165) is 13.1 Å². The van der Waals surface area contributed by atoms with Gasteiger partial charge in [0.15, 0.2) is 0 Å². The predicted octanol–water partition coefficient (Wildman–Crippen LogP) is -0.399. The van der Waals surface area contributed by atoms with Crippen LogP contribution in [0, 0.1) is 0 Å². The first-order valence-corrected chi connectivity index (χ1v) is 3.23. The van der Waals surface area contributed by atoms with Crippen LogP contribution in [0.2, 0.25) is 0 Å². The Balaban J connectivity index is 2.06. The third-order valence-electron chi connectivity index (χ3n) is 1.53. The number of likely N-dealkylation sites (tertiary alicyclic amines) is 1. The molecule has 3 nitrogen and oxygen atoms in total. The molecule has 0 aromatic carbocycles. The highest BCUT2D eigenvalue weighted by atomic mass is 16.3. The molecule has 0 spiro atoms. The summed E-state index contributed by atoms with van der Waals surface area (Å²) in [6.07, 6.45) is 1.41. The fraction of sp³-hybridized carbons (Fsp3) is 0.833. The van der Waals surface area contributed by atoms with Gasteiger partial charge in [0.05, 0.1) is 0 Å². The lowest BCUT2D eigenvalue weighted by Crippen LogP contribution is -2.43. The van der Waals surface area contributed by atoms with Crippen molar-refractivity contribution >= 4 is 5.91 Å². The van der Waals surface area contributed by atoms with Gasteiger partial charge in [-0.15, -0.1) is 0 Å². The normalized spacial score (nSPS) is 17.9. The second-order valence-corrected chi connectivity index (χ2v) is 2.21. The Morgan fingerprint density at radius 1 is 1.67 bits per heavy atom. The first kappa shape index (κ1) is 6.55. The van der Waals surface area contributed by atoms with E-state index in [-0.39, 0.29) is 12.5 Å². The van der Waals surface area contributed by atoms with Gasteiger partial charge in [-0.25, -0.2) is 0 Å². The molecule has 1 rings (SSSR count). The summed E-state index contributed by atoms with van der Waals surface area (Å²) in [5, 5.41) is 8.38. The van der Waals surface area contributed by atoms with Crippen molar-refractivity contribution in [2.45, 2.75) is 12.8 Å². The quantitative estimate of drug-likeness (QED) is 0.527. The summed E-state index contributed by atoms with van der Waals surface area (Å²) in [6.45, 7) is 1.80. The van der Waals surface area contributed by atoms with E-state index in [1.165, 1.54) is 0 Å². The summed E-state index contributed by atoms with van der Waals surface area (Å²) in [7, 11) is 0. The zero-order chi connectivity index (χ0) is 6.69. The van der Waals surface area contributed by atoms with Gasteiger partial charge >= 0.3 is 0 Å². The zero-order valence-corrected chi connectivity index (χ0v) is 5.34. The smallest absolute Gasteiger partial charge is 0.224 e. The fourth-order valence-corrected chi connectivity index (χ4v) is 0.859. The Morgan fingerprint density at radius 3 is 2.78 bits per heavy atom. The van der Waals surface area contributed by atoms with Crippen LogP contribution in [0.5, 0.6) is 0 Å². The van der Waals surface area contributed by atoms with Crippen molar-refractivity contribution in [3.63, 3.8) is 0 Å². The van der Waals surface area contributed by atoms with Crippen LogP contribution in [0.1, 0.15) is 12.8 Å². The predicted molar refractivity (Wildman–Crippen MR) is 32.9 cm³/mol. The van der Waals surface area contributed by atoms with Crippen LogP contribution in [-0.2, 0) is 4.79 Å². The number of aliphatic hydroxyl groups is 1. The molecular weight excluding hydrogens is 118 g/mol. The van der Waals surface area contributed by atoms with Gasteiger partial charge in [-0.2, -0.15) is 0 Å². The lowest BCUT2D eigenvalue weighted by molar-refractivity contribution is -0.139. The number of rotatable bonds is 3. The maximum Gasteiger partial charge on any atom is 0.224 e. The monoisotopic (exact) mass is 129 g/mol. The van der Waals surface area contributed by atoms with Crippen LogP contribution in [0.25, 0.3) is 0 Å². The van der Waals surface area contributed by atoms with Gasteiger partial charge < -0.3 is 10.0 Å². The molecule has 0 unspecified atom stereocenters. The topological polar surface area (TPSA) is 40.5 Å². The van der Waals surface area contributed by atoms with Crippen molar-refractivity contribution in [1.29, 1.82) is 0 Å². The van der Waals surface area contributed by atoms with Gasteiger partial charge in [0.1, 0.15) is 0 Å². The molecule has 52 valence electrons. The molecule has 1 heterocycles. The SMILES string of the molecule is O=C1CCN1CCCO. The molecule has 0 radical (unpaired) electrons. The average Bonchev–Trinajstić information content (AvgIpc) is 1.86. The summed E-state index contributed by atoms with van der Waals surface area (Å²) in [5.41, 5.74) is 0. The zero-order valence-electron chi connectivity index (χ0n) is 5.34. The molecular formula is C6H11NO2. The molecule has 1 amide bonds. The highest BCUT2D eigenvalue weighted by molar-refractivity contribution is 5.81. The summed E-state index contributed by atoms with van der Waals surface area (Å²) < 4.78 is 0. The number of amides is 1. The van der Waals surface area contributed by atoms with E-state index < -0.39 is 0 Å². The summed E-state index contributed by atoms with van der Waals surface area (Å²) in [5.74, 6) is 0.225. The molecule has 0 saturated carbocycles. The van der Waals surface area contributed by atoms with Crippen molar-refractivity contribution in [3.8, 4) is 0 Å². The van der Waals surface area contributed by atoms with Gasteiger partial charge in [0.2, 0.25) is 5.91 Å². The molecule has 1 N–H and O–H groups in total. The van der Waals surface area contributed by atoms with E-state index >= 15 is 0 Å². The second kappa shape index (κ2) is 2.82. The molecule has 1 saturated heterocycles. The largest absolute Gasteiger partial charge is 0.396 e. The van der Waals surface area contributed by atoms with Crippen molar-refractivity contribution < 1.29 is 9.90 Å². The maximum atomic E-state index is 10.6. The van der Waals surface area contributed by atoms with Crippen LogP contribution in [0.15, 0.2) is 0 Å². The Bertz CT molecular complexity index is 114. The van der Waals surface area contributed by atoms with Crippen LogP contribution in [-0.4, -0.2) is 35.6 Å². The summed E-state index contributed by atoms with van der Waals surface area (Å²) >= 11 is 0. The number of hydrogen-bond acceptors (Lipinski definition) is 2. The molecule has 3 heteroatoms. The first-order valence-electron chi connectivity index (χ1n) is 3.23. The van der Waals surface area contributed by atoms with Gasteiger partial charge in [-0.05, 0) is 6.42 Å². The number of aliphatic hydroxyl groups excluding tert-OH is 1. The molecule has 0 aromatic heterocycles. The van der Waals surface area contributed by atoms with Gasteiger partial charge in [0, 0.05) is 26.1 Å². The molecule has 1 aliphatic rings. The summed E-state index contributed by atoms with van der Waals surface area (Å²) in [6, 6.07) is 0. The molecule has 0 bridgehead atoms. The molecule has 0 aromatic rings. The van der Waals surface area contributed by atoms with Crippen molar-refractivity contribution in [2.24, 2.45) is 0 Å². The number of hydrogen-bond donors (Lipinski definition) is 1. The van der Waals surface area contributed by atoms with E-state index in [0.29, 0.717) is 12.8 Å². The molecule has 1 aliphatic heterocycles. The third kappa shape index (κ3) is 1.42. The van der Waals surface area contributed by atoms with E-state index in [1.54, 1.807) is 4.90 Å². The lowest BCUT2D eigenvalue weighted by atomic mass is 10.2. The Kier molecular flexibility index (Phi) is 2.05. The third-order valence-corrected chi connectivity index (χ3v) is 1.53. The number of β-lactam (4-membered cyclic amide) rings is 1. The number of carbonyl (C=O) groups excluding carboxylic acids is 1. The Labute approximate surface area is 54.3 Å². The van der Waals surface area contributed by atoms with Gasteiger partial charge in [-0.1, -0.05) is 0 Å². The van der Waals surface area contributed by atoms with Crippen molar-refractivity contribution in [2.75, 3.05) is 19.7 Å². The number of nitrogens with zero attached hydrogens (tertiary/aromatic N) is 1. The van der Waals surface area contributed by atoms with Crippen LogP contribution in [0.4, 0.5) is 0 Å². The average molecular weight is 129 g/mol. The van der Waals surface area contributed by atoms with Gasteiger partial charge in [-0.3, -0.25) is 4.79 Å². The highest BCUT2D eigenvalue weighted by Gasteiger charge is 2.21. The van der Waals surface area contributed by atoms with E-state index in [1.807, 2.05) is 0 Å². The minimum absolute atomic E-state index is 0.184. The highest BCUT2D eigenvalue weighted by Crippen LogP contribution is 2.07. The van der Waals surface area contributed by atoms with Crippen LogP contribution >= 0.6 is 0 Å². The Hall–Kier alpha value is -0.570. The van der Waals surface area contributed by atoms with Crippen molar-refractivity contribution in [1.82, 2.24) is 4.90 Å². The molecule has 1 fully saturated rings. The van der Waals surface area contributed by atoms with Crippen LogP contribution in [0.3, 0.4) is 0 Å². The molecule has 9 heavy (non-hydrogen) atoms. The fourth-order valence-electron chi connectivity index (χ4n) is 0.859. The number of carbonyl (C=O) groups is 1. The molecule has 0 atom stereocenters. The van der Waals surface area contributed by atoms with E-state index in [9.17, 15) is 4.79 Å². The lowest BCUT2D eigenvalue weighted by Gasteiger charge is -2.30.